The van der Waals surface area contributed by atoms with Gasteiger partial charge in [0.25, 0.3) is 0 Å². The van der Waals surface area contributed by atoms with Gasteiger partial charge >= 0.3 is 17.9 Å². The van der Waals surface area contributed by atoms with E-state index in [0.717, 1.165) is 89.9 Å². The molecule has 58 heavy (non-hydrogen) atoms. The number of likely N-dealkylation sites (N-methyl/N-ethyl adjacent to an activating group) is 1. The third-order valence-corrected chi connectivity index (χ3v) is 9.84. The minimum absolute atomic E-state index is 0.0450. The van der Waals surface area contributed by atoms with Crippen LogP contribution >= 0.6 is 0 Å². The molecule has 2 unspecified atom stereocenters. The zero-order valence-electron chi connectivity index (χ0n) is 37.7. The van der Waals surface area contributed by atoms with Crippen molar-refractivity contribution in [2.45, 2.75) is 187 Å². The Morgan fingerprint density at radius 1 is 0.534 bits per heavy atom. The maximum atomic E-state index is 12.7. The number of hydrogen-bond donors (Lipinski definition) is 1. The molecule has 0 aromatic carbocycles. The van der Waals surface area contributed by atoms with Crippen LogP contribution in [0.4, 0.5) is 0 Å². The lowest BCUT2D eigenvalue weighted by Gasteiger charge is -2.31. The molecule has 8 heteroatoms. The number of carboxylic acids is 1. The summed E-state index contributed by atoms with van der Waals surface area (Å²) in [5.74, 6) is -1.51. The summed E-state index contributed by atoms with van der Waals surface area (Å²) in [6.07, 6.45) is 50.8. The zero-order valence-corrected chi connectivity index (χ0v) is 37.7. The Morgan fingerprint density at radius 3 is 1.43 bits per heavy atom. The number of ether oxygens (including phenoxy) is 3. The Bertz CT molecular complexity index is 1180. The van der Waals surface area contributed by atoms with Gasteiger partial charge in [0.1, 0.15) is 6.61 Å². The second-order valence-electron chi connectivity index (χ2n) is 16.3. The molecular weight excluding hydrogens is 727 g/mol. The Kier molecular flexibility index (Phi) is 38.3. The summed E-state index contributed by atoms with van der Waals surface area (Å²) in [6, 6.07) is -0.624. The maximum absolute atomic E-state index is 12.7. The van der Waals surface area contributed by atoms with E-state index in [0.29, 0.717) is 19.3 Å². The number of unbranched alkanes of at least 4 members (excludes halogenated alkanes) is 14. The van der Waals surface area contributed by atoms with E-state index in [1.807, 2.05) is 21.1 Å². The molecule has 1 N–H and O–H groups in total. The summed E-state index contributed by atoms with van der Waals surface area (Å²) in [4.78, 5) is 37.0. The van der Waals surface area contributed by atoms with Crippen molar-refractivity contribution in [3.63, 3.8) is 0 Å². The summed E-state index contributed by atoms with van der Waals surface area (Å²) in [5, 5.41) is 9.63. The Hall–Kier alpha value is -3.23. The van der Waals surface area contributed by atoms with Gasteiger partial charge in [0.05, 0.1) is 34.4 Å². The quantitative estimate of drug-likeness (QED) is 0.0285. The van der Waals surface area contributed by atoms with Gasteiger partial charge in [-0.05, 0) is 83.5 Å². The van der Waals surface area contributed by atoms with Crippen molar-refractivity contribution in [1.29, 1.82) is 0 Å². The van der Waals surface area contributed by atoms with E-state index in [9.17, 15) is 19.5 Å². The molecule has 0 aliphatic rings. The van der Waals surface area contributed by atoms with Crippen LogP contribution in [0.1, 0.15) is 174 Å². The van der Waals surface area contributed by atoms with Gasteiger partial charge in [-0.2, -0.15) is 0 Å². The molecular formula is C50H86NO7+. The van der Waals surface area contributed by atoms with Crippen LogP contribution in [0, 0.1) is 0 Å². The molecule has 0 rings (SSSR count). The molecule has 2 atom stereocenters. The number of quaternary nitrogens is 1. The fraction of sp³-hybridized carbons (Fsp3) is 0.700. The van der Waals surface area contributed by atoms with Crippen LogP contribution < -0.4 is 0 Å². The van der Waals surface area contributed by atoms with E-state index in [1.165, 1.54) is 51.4 Å². The Balaban J connectivity index is 4.39. The number of carboxylic acid groups (broad SMARTS) is 1. The average Bonchev–Trinajstić information content (AvgIpc) is 3.18. The largest absolute Gasteiger partial charge is 0.477 e. The van der Waals surface area contributed by atoms with Crippen molar-refractivity contribution >= 4 is 17.9 Å². The highest BCUT2D eigenvalue weighted by molar-refractivity contribution is 5.72. The van der Waals surface area contributed by atoms with Crippen molar-refractivity contribution in [3.8, 4) is 0 Å². The minimum Gasteiger partial charge on any atom is -0.477 e. The van der Waals surface area contributed by atoms with Gasteiger partial charge in [-0.25, -0.2) is 4.79 Å². The molecule has 0 amide bonds. The number of hydrogen-bond acceptors (Lipinski definition) is 6. The summed E-state index contributed by atoms with van der Waals surface area (Å²) in [7, 11) is 5.51. The fourth-order valence-electron chi connectivity index (χ4n) is 6.29. The molecule has 0 heterocycles. The van der Waals surface area contributed by atoms with Gasteiger partial charge in [0, 0.05) is 19.3 Å². The fourth-order valence-corrected chi connectivity index (χ4v) is 6.29. The topological polar surface area (TPSA) is 99.1 Å². The summed E-state index contributed by atoms with van der Waals surface area (Å²) in [6.45, 7) is 4.55. The smallest absolute Gasteiger partial charge is 0.362 e. The number of carbonyl (C=O) groups is 3. The lowest BCUT2D eigenvalue weighted by molar-refractivity contribution is -0.887. The second-order valence-corrected chi connectivity index (χ2v) is 16.3. The number of rotatable bonds is 40. The van der Waals surface area contributed by atoms with Crippen molar-refractivity contribution in [2.75, 3.05) is 41.0 Å². The van der Waals surface area contributed by atoms with Gasteiger partial charge < -0.3 is 23.8 Å². The third-order valence-electron chi connectivity index (χ3n) is 9.84. The second kappa shape index (κ2) is 40.5. The molecule has 0 aliphatic heterocycles. The molecule has 0 saturated heterocycles. The molecule has 0 aromatic rings. The maximum Gasteiger partial charge on any atom is 0.362 e. The summed E-state index contributed by atoms with van der Waals surface area (Å²) < 4.78 is 17.3. The van der Waals surface area contributed by atoms with Crippen LogP contribution in [0.3, 0.4) is 0 Å². The normalized spacial score (nSPS) is 13.6. The molecule has 0 aromatic heterocycles. The van der Waals surface area contributed by atoms with Crippen molar-refractivity contribution in [3.05, 3.63) is 72.9 Å². The molecule has 0 saturated carbocycles. The first-order chi connectivity index (χ1) is 28.1. The standard InChI is InChI=1S/C50H85NO7/c1-6-8-10-12-14-16-18-20-22-24-26-28-30-32-34-36-38-40-48(52)57-45-46(44-56-43-42-47(50(54)55)51(3,4)5)58-49(53)41-39-37-35-33-31-29-27-25-23-21-19-17-15-13-11-9-7-2/h9,11,14-17,20-23,27,29,46-47H,6-8,10,12-13,18-19,24-26,28,30-45H2,1-5H3/p+1/b11-9-,16-14-,17-15-,22-20-,23-21-,29-27-. The third kappa shape index (κ3) is 38.3. The van der Waals surface area contributed by atoms with Gasteiger partial charge in [0.2, 0.25) is 0 Å². The molecule has 0 aliphatic carbocycles. The van der Waals surface area contributed by atoms with Gasteiger partial charge in [-0.15, -0.1) is 0 Å². The average molecular weight is 813 g/mol. The van der Waals surface area contributed by atoms with E-state index in [2.05, 4.69) is 86.8 Å². The van der Waals surface area contributed by atoms with Crippen LogP contribution in [0.2, 0.25) is 0 Å². The predicted molar refractivity (Wildman–Crippen MR) is 243 cm³/mol. The summed E-state index contributed by atoms with van der Waals surface area (Å²) >= 11 is 0. The lowest BCUT2D eigenvalue weighted by Crippen LogP contribution is -2.50. The van der Waals surface area contributed by atoms with Crippen molar-refractivity contribution in [2.24, 2.45) is 0 Å². The van der Waals surface area contributed by atoms with Crippen molar-refractivity contribution < 1.29 is 38.2 Å². The highest BCUT2D eigenvalue weighted by Crippen LogP contribution is 2.13. The number of esters is 2. The van der Waals surface area contributed by atoms with Gasteiger partial charge in [0.15, 0.2) is 12.1 Å². The molecule has 0 spiro atoms. The summed E-state index contributed by atoms with van der Waals surface area (Å²) in [5.41, 5.74) is 0. The number of aliphatic carboxylic acids is 1. The number of nitrogens with zero attached hydrogens (tertiary/aromatic N) is 1. The first kappa shape index (κ1) is 54.8. The first-order valence-corrected chi connectivity index (χ1v) is 23.0. The zero-order chi connectivity index (χ0) is 42.8. The van der Waals surface area contributed by atoms with E-state index >= 15 is 0 Å². The van der Waals surface area contributed by atoms with Crippen LogP contribution in [0.15, 0.2) is 72.9 Å². The molecule has 0 bridgehead atoms. The van der Waals surface area contributed by atoms with E-state index in [-0.39, 0.29) is 36.2 Å². The molecule has 0 fully saturated rings. The molecule has 0 radical (unpaired) electrons. The van der Waals surface area contributed by atoms with Gasteiger partial charge in [-0.3, -0.25) is 9.59 Å². The number of allylic oxidation sites excluding steroid dienone is 12. The monoisotopic (exact) mass is 813 g/mol. The Morgan fingerprint density at radius 2 is 0.966 bits per heavy atom. The predicted octanol–water partition coefficient (Wildman–Crippen LogP) is 12.7. The van der Waals surface area contributed by atoms with E-state index in [4.69, 9.17) is 14.2 Å². The first-order valence-electron chi connectivity index (χ1n) is 23.0. The minimum atomic E-state index is -0.883. The Labute approximate surface area is 355 Å². The van der Waals surface area contributed by atoms with E-state index in [1.54, 1.807) is 0 Å². The number of carbonyl (C=O) groups excluding carboxylic acids is 2. The van der Waals surface area contributed by atoms with Crippen LogP contribution in [0.25, 0.3) is 0 Å². The molecule has 332 valence electrons. The molecule has 8 nitrogen and oxygen atoms in total. The van der Waals surface area contributed by atoms with Crippen LogP contribution in [-0.2, 0) is 28.6 Å². The van der Waals surface area contributed by atoms with Crippen LogP contribution in [0.5, 0.6) is 0 Å². The van der Waals surface area contributed by atoms with Crippen LogP contribution in [-0.4, -0.2) is 80.6 Å². The highest BCUT2D eigenvalue weighted by atomic mass is 16.6. The SMILES string of the molecule is CC/C=C\C/C=C\C/C=C\C/C=C\CCCCCCC(=O)OC(COCCC(C(=O)O)[N+](C)(C)C)COC(=O)CCCCCCCCC/C=C\C/C=C\CCCCC. The van der Waals surface area contributed by atoms with Gasteiger partial charge in [-0.1, -0.05) is 145 Å². The van der Waals surface area contributed by atoms with Crippen molar-refractivity contribution in [1.82, 2.24) is 0 Å². The lowest BCUT2D eigenvalue weighted by atomic mass is 10.1. The van der Waals surface area contributed by atoms with E-state index < -0.39 is 18.1 Å². The highest BCUT2D eigenvalue weighted by Gasteiger charge is 2.31.